The van der Waals surface area contributed by atoms with Crippen molar-refractivity contribution in [1.29, 1.82) is 0 Å². The maximum absolute atomic E-state index is 9.75. The Hall–Kier alpha value is -0.850. The van der Waals surface area contributed by atoms with Crippen LogP contribution in [0.4, 0.5) is 0 Å². The first-order valence-electron chi connectivity index (χ1n) is 6.57. The Balaban J connectivity index is 2.03. The van der Waals surface area contributed by atoms with E-state index in [0.717, 1.165) is 0 Å². The second-order valence-corrected chi connectivity index (χ2v) is 4.61. The van der Waals surface area contributed by atoms with Gasteiger partial charge in [-0.1, -0.05) is 23.7 Å². The average molecular weight is 304 g/mol. The van der Waals surface area contributed by atoms with Crippen molar-refractivity contribution >= 4 is 11.6 Å². The molecule has 1 aromatic carbocycles. The van der Waals surface area contributed by atoms with E-state index in [9.17, 15) is 5.11 Å². The molecule has 0 heterocycles. The molecule has 0 aliphatic heterocycles. The minimum absolute atomic E-state index is 0.196. The highest BCUT2D eigenvalue weighted by atomic mass is 35.5. The minimum atomic E-state index is -0.592. The third-order valence-electron chi connectivity index (χ3n) is 2.50. The van der Waals surface area contributed by atoms with Gasteiger partial charge in [-0.05, 0) is 12.1 Å². The van der Waals surface area contributed by atoms with Gasteiger partial charge in [0.2, 0.25) is 0 Å². The molecule has 0 aliphatic carbocycles. The first kappa shape index (κ1) is 17.2. The number of methoxy groups -OCH3 is 1. The molecule has 0 fully saturated rings. The molecule has 0 bridgehead atoms. The molecule has 0 saturated heterocycles. The van der Waals surface area contributed by atoms with Crippen LogP contribution in [0.1, 0.15) is 0 Å². The fourth-order valence-corrected chi connectivity index (χ4v) is 1.65. The van der Waals surface area contributed by atoms with E-state index in [-0.39, 0.29) is 6.61 Å². The SMILES string of the molecule is COCCOCCNCC(O)COc1ccccc1Cl. The number of halogens is 1. The Morgan fingerprint density at radius 2 is 2.05 bits per heavy atom. The Morgan fingerprint density at radius 1 is 1.25 bits per heavy atom. The van der Waals surface area contributed by atoms with Gasteiger partial charge in [0.15, 0.2) is 0 Å². The molecule has 114 valence electrons. The maximum atomic E-state index is 9.75. The summed E-state index contributed by atoms with van der Waals surface area (Å²) in [5, 5.41) is 13.4. The van der Waals surface area contributed by atoms with Crippen molar-refractivity contribution in [3.05, 3.63) is 29.3 Å². The molecule has 0 radical (unpaired) electrons. The number of hydrogen-bond donors (Lipinski definition) is 2. The first-order valence-corrected chi connectivity index (χ1v) is 6.94. The van der Waals surface area contributed by atoms with Gasteiger partial charge in [0, 0.05) is 20.2 Å². The normalized spacial score (nSPS) is 12.3. The van der Waals surface area contributed by atoms with Gasteiger partial charge in [-0.25, -0.2) is 0 Å². The molecule has 0 amide bonds. The van der Waals surface area contributed by atoms with E-state index in [1.54, 1.807) is 19.2 Å². The van der Waals surface area contributed by atoms with Gasteiger partial charge in [0.05, 0.1) is 24.8 Å². The predicted octanol–water partition coefficient (Wildman–Crippen LogP) is 1.33. The quantitative estimate of drug-likeness (QED) is 0.604. The molecule has 1 atom stereocenters. The fourth-order valence-electron chi connectivity index (χ4n) is 1.46. The minimum Gasteiger partial charge on any atom is -0.489 e. The molecule has 0 saturated carbocycles. The monoisotopic (exact) mass is 303 g/mol. The zero-order valence-corrected chi connectivity index (χ0v) is 12.4. The highest BCUT2D eigenvalue weighted by Crippen LogP contribution is 2.22. The van der Waals surface area contributed by atoms with Gasteiger partial charge in [0.1, 0.15) is 18.5 Å². The Kier molecular flexibility index (Phi) is 9.36. The molecular weight excluding hydrogens is 282 g/mol. The molecule has 2 N–H and O–H groups in total. The highest BCUT2D eigenvalue weighted by Gasteiger charge is 2.06. The predicted molar refractivity (Wildman–Crippen MR) is 78.5 cm³/mol. The lowest BCUT2D eigenvalue weighted by atomic mass is 10.3. The molecule has 5 nitrogen and oxygen atoms in total. The van der Waals surface area contributed by atoms with Gasteiger partial charge >= 0.3 is 0 Å². The summed E-state index contributed by atoms with van der Waals surface area (Å²) < 4.78 is 15.6. The van der Waals surface area contributed by atoms with Crippen LogP contribution in [0.2, 0.25) is 5.02 Å². The number of hydrogen-bond acceptors (Lipinski definition) is 5. The maximum Gasteiger partial charge on any atom is 0.138 e. The van der Waals surface area contributed by atoms with E-state index in [1.807, 2.05) is 12.1 Å². The molecule has 6 heteroatoms. The third-order valence-corrected chi connectivity index (χ3v) is 2.82. The summed E-state index contributed by atoms with van der Waals surface area (Å²) in [6.07, 6.45) is -0.592. The molecule has 1 aromatic rings. The van der Waals surface area contributed by atoms with Crippen molar-refractivity contribution in [2.45, 2.75) is 6.10 Å². The van der Waals surface area contributed by atoms with Gasteiger partial charge in [0.25, 0.3) is 0 Å². The summed E-state index contributed by atoms with van der Waals surface area (Å²) in [5.41, 5.74) is 0. The highest BCUT2D eigenvalue weighted by molar-refractivity contribution is 6.32. The van der Waals surface area contributed by atoms with E-state index < -0.39 is 6.10 Å². The first-order chi connectivity index (χ1) is 9.74. The lowest BCUT2D eigenvalue weighted by molar-refractivity contribution is 0.0679. The average Bonchev–Trinajstić information content (AvgIpc) is 2.45. The fraction of sp³-hybridized carbons (Fsp3) is 0.571. The van der Waals surface area contributed by atoms with Crippen LogP contribution in [0, 0.1) is 0 Å². The van der Waals surface area contributed by atoms with E-state index in [2.05, 4.69) is 5.32 Å². The van der Waals surface area contributed by atoms with Crippen molar-refractivity contribution in [3.63, 3.8) is 0 Å². The number of aliphatic hydroxyl groups is 1. The standard InChI is InChI=1S/C14H22ClNO4/c1-18-8-9-19-7-6-16-10-12(17)11-20-14-5-3-2-4-13(14)15/h2-5,12,16-17H,6-11H2,1H3. The van der Waals surface area contributed by atoms with Crippen LogP contribution in [0.3, 0.4) is 0 Å². The van der Waals surface area contributed by atoms with Gasteiger partial charge < -0.3 is 24.6 Å². The summed E-state index contributed by atoms with van der Waals surface area (Å²) >= 11 is 5.95. The largest absolute Gasteiger partial charge is 0.489 e. The molecule has 0 spiro atoms. The smallest absolute Gasteiger partial charge is 0.138 e. The van der Waals surface area contributed by atoms with Crippen LogP contribution < -0.4 is 10.1 Å². The molecule has 0 aliphatic rings. The zero-order chi connectivity index (χ0) is 14.6. The summed E-state index contributed by atoms with van der Waals surface area (Å²) in [4.78, 5) is 0. The molecule has 1 rings (SSSR count). The van der Waals surface area contributed by atoms with Crippen LogP contribution in [-0.4, -0.2) is 57.8 Å². The third kappa shape index (κ3) is 7.67. The van der Waals surface area contributed by atoms with Crippen LogP contribution in [-0.2, 0) is 9.47 Å². The summed E-state index contributed by atoms with van der Waals surface area (Å²) in [6.45, 7) is 3.07. The second kappa shape index (κ2) is 10.9. The Labute approximate surface area is 124 Å². The Bertz CT molecular complexity index is 365. The van der Waals surface area contributed by atoms with E-state index in [1.165, 1.54) is 0 Å². The van der Waals surface area contributed by atoms with Crippen LogP contribution >= 0.6 is 11.6 Å². The summed E-state index contributed by atoms with van der Waals surface area (Å²) in [5.74, 6) is 0.580. The van der Waals surface area contributed by atoms with Crippen molar-refractivity contribution in [3.8, 4) is 5.75 Å². The molecule has 0 aromatic heterocycles. The van der Waals surface area contributed by atoms with E-state index in [0.29, 0.717) is 43.7 Å². The number of rotatable bonds is 11. The summed E-state index contributed by atoms with van der Waals surface area (Å²) in [6, 6.07) is 7.19. The van der Waals surface area contributed by atoms with Gasteiger partial charge in [-0.3, -0.25) is 0 Å². The van der Waals surface area contributed by atoms with Crippen molar-refractivity contribution in [2.75, 3.05) is 46.6 Å². The van der Waals surface area contributed by atoms with Gasteiger partial charge in [-0.2, -0.15) is 0 Å². The number of ether oxygens (including phenoxy) is 3. The molecule has 1 unspecified atom stereocenters. The number of benzene rings is 1. The van der Waals surface area contributed by atoms with Crippen LogP contribution in [0.15, 0.2) is 24.3 Å². The van der Waals surface area contributed by atoms with E-state index >= 15 is 0 Å². The topological polar surface area (TPSA) is 60.0 Å². The lowest BCUT2D eigenvalue weighted by Gasteiger charge is -2.14. The van der Waals surface area contributed by atoms with Crippen molar-refractivity contribution < 1.29 is 19.3 Å². The number of nitrogens with one attached hydrogen (secondary N) is 1. The molecular formula is C14H22ClNO4. The molecule has 20 heavy (non-hydrogen) atoms. The number of aliphatic hydroxyl groups excluding tert-OH is 1. The van der Waals surface area contributed by atoms with Crippen LogP contribution in [0.25, 0.3) is 0 Å². The zero-order valence-electron chi connectivity index (χ0n) is 11.7. The van der Waals surface area contributed by atoms with E-state index in [4.69, 9.17) is 25.8 Å². The van der Waals surface area contributed by atoms with Crippen LogP contribution in [0.5, 0.6) is 5.75 Å². The van der Waals surface area contributed by atoms with Crippen molar-refractivity contribution in [2.24, 2.45) is 0 Å². The summed E-state index contributed by atoms with van der Waals surface area (Å²) in [7, 11) is 1.64. The lowest BCUT2D eigenvalue weighted by Crippen LogP contribution is -2.33. The Morgan fingerprint density at radius 3 is 2.80 bits per heavy atom. The van der Waals surface area contributed by atoms with Crippen molar-refractivity contribution in [1.82, 2.24) is 5.32 Å². The van der Waals surface area contributed by atoms with Gasteiger partial charge in [-0.15, -0.1) is 0 Å². The second-order valence-electron chi connectivity index (χ2n) is 4.20. The number of para-hydroxylation sites is 1.